The normalized spacial score (nSPS) is 13.2. The molecule has 0 aromatic carbocycles. The second-order valence-electron chi connectivity index (χ2n) is 4.33. The number of hydrogen-bond donors (Lipinski definition) is 1. The summed E-state index contributed by atoms with van der Waals surface area (Å²) in [5.74, 6) is 5.10. The number of aromatic nitrogens is 3. The molecule has 2 aromatic heterocycles. The Balaban J connectivity index is 0.000000510. The van der Waals surface area contributed by atoms with Gasteiger partial charge in [0.2, 0.25) is 0 Å². The topological polar surface area (TPSA) is 126 Å². The van der Waals surface area contributed by atoms with Crippen molar-refractivity contribution in [2.45, 2.75) is 18.9 Å². The Hall–Kier alpha value is -3.13. The number of nitrogens with zero attached hydrogens (tertiary/aromatic N) is 6. The zero-order valence-corrected chi connectivity index (χ0v) is 11.5. The number of rotatable bonds is 2. The Labute approximate surface area is 121 Å². The first kappa shape index (κ1) is 15.9. The molecule has 8 heteroatoms. The van der Waals surface area contributed by atoms with Gasteiger partial charge in [-0.3, -0.25) is 9.13 Å². The van der Waals surface area contributed by atoms with Crippen LogP contribution in [0.1, 0.15) is 24.4 Å². The van der Waals surface area contributed by atoms with Gasteiger partial charge in [-0.05, 0) is 18.9 Å². The Kier molecular flexibility index (Phi) is 5.21. The van der Waals surface area contributed by atoms with Crippen LogP contribution in [0.15, 0.2) is 22.2 Å². The number of nitriles is 2. The van der Waals surface area contributed by atoms with Gasteiger partial charge in [0, 0.05) is 38.0 Å². The van der Waals surface area contributed by atoms with Crippen LogP contribution in [0.2, 0.25) is 0 Å². The van der Waals surface area contributed by atoms with Crippen LogP contribution < -0.4 is 11.5 Å². The molecule has 0 atom stereocenters. The van der Waals surface area contributed by atoms with E-state index in [1.165, 1.54) is 6.21 Å². The number of aryl methyl sites for hydroxylation is 1. The molecule has 0 amide bonds. The molecule has 0 bridgehead atoms. The fourth-order valence-electron chi connectivity index (χ4n) is 2.07. The molecule has 0 radical (unpaired) electrons. The molecule has 0 saturated heterocycles. The standard InChI is InChI=1S/C11H13N5O.2CHN/c1-15-9-4-7(6-14-12)5-13-10(9)16(11(15)17)8-2-3-8;2*1-2/h4-6,8H,2-3,12H2,1H3;2*1H. The molecule has 0 unspecified atom stereocenters. The van der Waals surface area contributed by atoms with Crippen molar-refractivity contribution < 1.29 is 0 Å². The van der Waals surface area contributed by atoms with Gasteiger partial charge in [0.25, 0.3) is 0 Å². The van der Waals surface area contributed by atoms with Crippen molar-refractivity contribution in [2.75, 3.05) is 0 Å². The molecule has 2 N–H and O–H groups in total. The minimum atomic E-state index is -0.00293. The summed E-state index contributed by atoms with van der Waals surface area (Å²) in [5, 5.41) is 16.5. The van der Waals surface area contributed by atoms with Crippen molar-refractivity contribution in [1.29, 1.82) is 10.5 Å². The van der Waals surface area contributed by atoms with Crippen molar-refractivity contribution in [1.82, 2.24) is 14.1 Å². The van der Waals surface area contributed by atoms with Gasteiger partial charge in [0.1, 0.15) is 0 Å². The molecule has 21 heavy (non-hydrogen) atoms. The molecule has 8 nitrogen and oxygen atoms in total. The third kappa shape index (κ3) is 2.90. The van der Waals surface area contributed by atoms with Crippen LogP contribution in [-0.4, -0.2) is 20.3 Å². The fourth-order valence-corrected chi connectivity index (χ4v) is 2.07. The smallest absolute Gasteiger partial charge is 0.323 e. The van der Waals surface area contributed by atoms with E-state index < -0.39 is 0 Å². The minimum absolute atomic E-state index is 0.00293. The Bertz CT molecular complexity index is 740. The number of hydrazone groups is 1. The van der Waals surface area contributed by atoms with Gasteiger partial charge in [-0.2, -0.15) is 5.10 Å². The van der Waals surface area contributed by atoms with E-state index in [4.69, 9.17) is 16.4 Å². The molecule has 3 rings (SSSR count). The van der Waals surface area contributed by atoms with E-state index in [-0.39, 0.29) is 5.69 Å². The first-order valence-corrected chi connectivity index (χ1v) is 6.04. The van der Waals surface area contributed by atoms with E-state index in [1.807, 2.05) is 6.07 Å². The molecule has 1 aliphatic carbocycles. The summed E-state index contributed by atoms with van der Waals surface area (Å²) in [6.45, 7) is 7.00. The van der Waals surface area contributed by atoms with E-state index in [2.05, 4.69) is 23.2 Å². The molecule has 1 fully saturated rings. The lowest BCUT2D eigenvalue weighted by Crippen LogP contribution is -2.21. The van der Waals surface area contributed by atoms with E-state index in [0.717, 1.165) is 29.6 Å². The van der Waals surface area contributed by atoms with Crippen LogP contribution >= 0.6 is 0 Å². The monoisotopic (exact) mass is 285 g/mol. The van der Waals surface area contributed by atoms with Gasteiger partial charge in [0.05, 0.1) is 11.7 Å². The van der Waals surface area contributed by atoms with Crippen molar-refractivity contribution in [3.63, 3.8) is 0 Å². The van der Waals surface area contributed by atoms with E-state index in [0.29, 0.717) is 6.04 Å². The highest BCUT2D eigenvalue weighted by Gasteiger charge is 2.28. The summed E-state index contributed by atoms with van der Waals surface area (Å²) in [6.07, 6.45) is 5.32. The molecule has 108 valence electrons. The SMILES string of the molecule is C#N.C#N.Cn1c(=O)n(C2CC2)c2ncc(C=NN)cc21. The van der Waals surface area contributed by atoms with Gasteiger partial charge < -0.3 is 5.84 Å². The van der Waals surface area contributed by atoms with Crippen LogP contribution in [0.5, 0.6) is 0 Å². The fraction of sp³-hybridized carbons (Fsp3) is 0.308. The average molecular weight is 285 g/mol. The molecule has 2 heterocycles. The number of imidazole rings is 1. The number of nitrogens with two attached hydrogens (primary N) is 1. The quantitative estimate of drug-likeness (QED) is 0.492. The molecule has 0 aliphatic heterocycles. The maximum atomic E-state index is 12.1. The maximum absolute atomic E-state index is 12.1. The summed E-state index contributed by atoms with van der Waals surface area (Å²) in [6, 6.07) is 2.20. The summed E-state index contributed by atoms with van der Waals surface area (Å²) < 4.78 is 3.40. The second-order valence-corrected chi connectivity index (χ2v) is 4.33. The van der Waals surface area contributed by atoms with Crippen LogP contribution in [0.25, 0.3) is 11.2 Å². The maximum Gasteiger partial charge on any atom is 0.330 e. The molecular weight excluding hydrogens is 270 g/mol. The summed E-state index contributed by atoms with van der Waals surface area (Å²) in [5.41, 5.74) is 2.36. The second kappa shape index (κ2) is 6.87. The highest BCUT2D eigenvalue weighted by molar-refractivity contribution is 5.85. The third-order valence-corrected chi connectivity index (χ3v) is 3.09. The Morgan fingerprint density at radius 2 is 2.05 bits per heavy atom. The lowest BCUT2D eigenvalue weighted by atomic mass is 10.3. The first-order valence-electron chi connectivity index (χ1n) is 6.04. The summed E-state index contributed by atoms with van der Waals surface area (Å²) in [4.78, 5) is 16.4. The predicted octanol–water partition coefficient (Wildman–Crippen LogP) is 0.642. The molecule has 0 spiro atoms. The zero-order chi connectivity index (χ0) is 16.0. The van der Waals surface area contributed by atoms with Crippen LogP contribution in [0, 0.1) is 23.7 Å². The third-order valence-electron chi connectivity index (χ3n) is 3.09. The number of hydrogen-bond acceptors (Lipinski definition) is 6. The van der Waals surface area contributed by atoms with E-state index in [1.54, 1.807) is 22.4 Å². The molecule has 1 saturated carbocycles. The summed E-state index contributed by atoms with van der Waals surface area (Å²) >= 11 is 0. The highest BCUT2D eigenvalue weighted by atomic mass is 16.1. The summed E-state index contributed by atoms with van der Waals surface area (Å²) in [7, 11) is 1.76. The van der Waals surface area contributed by atoms with Crippen molar-refractivity contribution >= 4 is 17.4 Å². The number of pyridine rings is 1. The van der Waals surface area contributed by atoms with Gasteiger partial charge in [-0.25, -0.2) is 20.3 Å². The zero-order valence-electron chi connectivity index (χ0n) is 11.5. The van der Waals surface area contributed by atoms with E-state index in [9.17, 15) is 4.79 Å². The van der Waals surface area contributed by atoms with Gasteiger partial charge in [-0.15, -0.1) is 0 Å². The number of fused-ring (bicyclic) bond motifs is 1. The van der Waals surface area contributed by atoms with Crippen LogP contribution in [0.4, 0.5) is 0 Å². The lowest BCUT2D eigenvalue weighted by molar-refractivity contribution is 0.691. The largest absolute Gasteiger partial charge is 0.330 e. The Morgan fingerprint density at radius 3 is 2.57 bits per heavy atom. The van der Waals surface area contributed by atoms with Crippen LogP contribution in [0.3, 0.4) is 0 Å². The van der Waals surface area contributed by atoms with Gasteiger partial charge in [0.15, 0.2) is 5.65 Å². The van der Waals surface area contributed by atoms with E-state index >= 15 is 0 Å². The highest BCUT2D eigenvalue weighted by Crippen LogP contribution is 2.35. The minimum Gasteiger partial charge on any atom is -0.323 e. The van der Waals surface area contributed by atoms with Crippen molar-refractivity contribution in [2.24, 2.45) is 18.0 Å². The first-order chi connectivity index (χ1) is 10.2. The lowest BCUT2D eigenvalue weighted by Gasteiger charge is -1.98. The average Bonchev–Trinajstić information content (AvgIpc) is 3.33. The molecular formula is C13H15N7O. The molecule has 1 aliphatic rings. The van der Waals surface area contributed by atoms with Crippen molar-refractivity contribution in [3.05, 3.63) is 28.3 Å². The predicted molar refractivity (Wildman–Crippen MR) is 78.4 cm³/mol. The van der Waals surface area contributed by atoms with Crippen molar-refractivity contribution in [3.8, 4) is 13.1 Å². The van der Waals surface area contributed by atoms with Gasteiger partial charge >= 0.3 is 5.69 Å². The van der Waals surface area contributed by atoms with Crippen LogP contribution in [-0.2, 0) is 7.05 Å². The van der Waals surface area contributed by atoms with Gasteiger partial charge in [-0.1, -0.05) is 0 Å². The Morgan fingerprint density at radius 1 is 1.43 bits per heavy atom. The molecule has 2 aromatic rings.